The van der Waals surface area contributed by atoms with Gasteiger partial charge >= 0.3 is 5.97 Å². The molecule has 5 atom stereocenters. The number of aromatic nitrogens is 4. The molecule has 0 spiro atoms. The number of nitrogens with two attached hydrogens (primary N) is 2. The average Bonchev–Trinajstić information content (AvgIpc) is 3.49. The van der Waals surface area contributed by atoms with E-state index in [0.717, 1.165) is 0 Å². The van der Waals surface area contributed by atoms with Crippen LogP contribution < -0.4 is 27.4 Å². The van der Waals surface area contributed by atoms with E-state index in [1.165, 1.54) is 32.0 Å². The van der Waals surface area contributed by atoms with E-state index in [1.807, 2.05) is 0 Å². The first-order valence-electron chi connectivity index (χ1n) is 10.8. The highest BCUT2D eigenvalue weighted by Gasteiger charge is 2.33. The predicted octanol–water partition coefficient (Wildman–Crippen LogP) is -3.96. The van der Waals surface area contributed by atoms with E-state index in [1.54, 1.807) is 0 Å². The average molecular weight is 508 g/mol. The van der Waals surface area contributed by atoms with Crippen LogP contribution >= 0.6 is 0 Å². The first-order chi connectivity index (χ1) is 17.0. The van der Waals surface area contributed by atoms with Crippen LogP contribution in [-0.4, -0.2) is 90.0 Å². The number of nitrogens with one attached hydrogen (secondary N) is 5. The zero-order valence-corrected chi connectivity index (χ0v) is 19.3. The maximum absolute atomic E-state index is 13.0. The van der Waals surface area contributed by atoms with Gasteiger partial charge < -0.3 is 47.6 Å². The monoisotopic (exact) mass is 507 g/mol. The number of carboxylic acid groups (broad SMARTS) is 1. The van der Waals surface area contributed by atoms with Crippen LogP contribution in [0.4, 0.5) is 0 Å². The van der Waals surface area contributed by atoms with E-state index in [2.05, 4.69) is 35.9 Å². The normalized spacial score (nSPS) is 15.1. The minimum absolute atomic E-state index is 0.101. The molecule has 16 heteroatoms. The molecule has 196 valence electrons. The third kappa shape index (κ3) is 8.48. The van der Waals surface area contributed by atoms with Gasteiger partial charge in [-0.3, -0.25) is 19.2 Å². The molecule has 0 radical (unpaired) electrons. The summed E-state index contributed by atoms with van der Waals surface area (Å²) < 4.78 is 0. The minimum Gasteiger partial charge on any atom is -0.480 e. The Morgan fingerprint density at radius 3 is 1.89 bits per heavy atom. The van der Waals surface area contributed by atoms with Crippen molar-refractivity contribution >= 4 is 29.6 Å². The van der Waals surface area contributed by atoms with E-state index in [9.17, 15) is 34.2 Å². The van der Waals surface area contributed by atoms with E-state index in [0.29, 0.717) is 11.4 Å². The van der Waals surface area contributed by atoms with Crippen LogP contribution in [0.25, 0.3) is 0 Å². The second kappa shape index (κ2) is 13.0. The fourth-order valence-corrected chi connectivity index (χ4v) is 3.15. The lowest BCUT2D eigenvalue weighted by Gasteiger charge is -2.26. The van der Waals surface area contributed by atoms with E-state index >= 15 is 0 Å². The number of rotatable bonds is 14. The van der Waals surface area contributed by atoms with Gasteiger partial charge in [-0.05, 0) is 6.92 Å². The molecule has 2 heterocycles. The van der Waals surface area contributed by atoms with Crippen molar-refractivity contribution in [3.05, 3.63) is 36.4 Å². The Bertz CT molecular complexity index is 1040. The molecule has 11 N–H and O–H groups in total. The number of carbonyl (C=O) groups is 5. The van der Waals surface area contributed by atoms with Crippen molar-refractivity contribution in [3.63, 3.8) is 0 Å². The molecule has 0 saturated carbocycles. The van der Waals surface area contributed by atoms with Crippen LogP contribution in [0.15, 0.2) is 25.0 Å². The van der Waals surface area contributed by atoms with Crippen molar-refractivity contribution in [3.8, 4) is 0 Å². The molecule has 0 aliphatic rings. The van der Waals surface area contributed by atoms with Crippen molar-refractivity contribution in [2.45, 2.75) is 56.5 Å². The summed E-state index contributed by atoms with van der Waals surface area (Å²) in [6, 6.07) is -5.58. The number of H-pyrrole nitrogens is 2. The second-order valence-corrected chi connectivity index (χ2v) is 8.03. The molecule has 2 aromatic heterocycles. The van der Waals surface area contributed by atoms with Gasteiger partial charge in [0.25, 0.3) is 0 Å². The van der Waals surface area contributed by atoms with E-state index in [-0.39, 0.29) is 12.8 Å². The number of aromatic amines is 2. The van der Waals surface area contributed by atoms with Crippen molar-refractivity contribution in [1.82, 2.24) is 35.9 Å². The standard InChI is InChI=1S/C20H29N9O7/c1-9(30)16(29-17(32)12(21)4-15(22)31)19(34)27-13(2-10-5-23-7-25-10)18(33)28-14(20(35)36)3-11-6-24-8-26-11/h5-9,12-14,16,30H,2-4,21H2,1H3,(H2,22,31)(H,23,25)(H,24,26)(H,27,34)(H,28,33)(H,29,32)(H,35,36). The quantitative estimate of drug-likeness (QED) is 0.120. The van der Waals surface area contributed by atoms with Crippen molar-refractivity contribution in [2.75, 3.05) is 0 Å². The summed E-state index contributed by atoms with van der Waals surface area (Å²) in [5.41, 5.74) is 11.5. The van der Waals surface area contributed by atoms with Gasteiger partial charge in [-0.2, -0.15) is 0 Å². The number of primary amides is 1. The van der Waals surface area contributed by atoms with Crippen LogP contribution in [0.1, 0.15) is 24.7 Å². The maximum atomic E-state index is 13.0. The third-order valence-corrected chi connectivity index (χ3v) is 5.03. The SMILES string of the molecule is CC(O)C(NC(=O)C(N)CC(N)=O)C(=O)NC(Cc1cnc[nH]1)C(=O)NC(Cc1cnc[nH]1)C(=O)O. The molecule has 2 rings (SSSR count). The Kier molecular flexibility index (Phi) is 10.1. The summed E-state index contributed by atoms with van der Waals surface area (Å²) in [6.07, 6.45) is 3.40. The zero-order valence-electron chi connectivity index (χ0n) is 19.3. The molecule has 16 nitrogen and oxygen atoms in total. The number of aliphatic carboxylic acids is 1. The number of imidazole rings is 2. The number of hydrogen-bond acceptors (Lipinski definition) is 9. The largest absolute Gasteiger partial charge is 0.480 e. The lowest BCUT2D eigenvalue weighted by molar-refractivity contribution is -0.142. The lowest BCUT2D eigenvalue weighted by atomic mass is 10.1. The Morgan fingerprint density at radius 1 is 0.917 bits per heavy atom. The Balaban J connectivity index is 2.17. The Hall–Kier alpha value is -4.31. The maximum Gasteiger partial charge on any atom is 0.326 e. The smallest absolute Gasteiger partial charge is 0.326 e. The number of nitrogens with zero attached hydrogens (tertiary/aromatic N) is 2. The van der Waals surface area contributed by atoms with Gasteiger partial charge in [-0.25, -0.2) is 14.8 Å². The van der Waals surface area contributed by atoms with Crippen molar-refractivity contribution in [2.24, 2.45) is 11.5 Å². The number of aliphatic hydroxyl groups excluding tert-OH is 1. The number of amides is 4. The van der Waals surface area contributed by atoms with Gasteiger partial charge in [-0.1, -0.05) is 0 Å². The van der Waals surface area contributed by atoms with E-state index < -0.39 is 66.3 Å². The highest BCUT2D eigenvalue weighted by Crippen LogP contribution is 2.05. The van der Waals surface area contributed by atoms with Gasteiger partial charge in [0.15, 0.2) is 0 Å². The minimum atomic E-state index is -1.55. The first-order valence-corrected chi connectivity index (χ1v) is 10.8. The molecule has 0 bridgehead atoms. The number of aliphatic hydroxyl groups is 1. The number of hydrogen-bond donors (Lipinski definition) is 9. The fraction of sp³-hybridized carbons (Fsp3) is 0.450. The molecule has 0 aliphatic carbocycles. The summed E-state index contributed by atoms with van der Waals surface area (Å²) in [7, 11) is 0. The van der Waals surface area contributed by atoms with Crippen LogP contribution in [0.2, 0.25) is 0 Å². The summed E-state index contributed by atoms with van der Waals surface area (Å²) in [5, 5.41) is 26.6. The summed E-state index contributed by atoms with van der Waals surface area (Å²) in [4.78, 5) is 74.1. The van der Waals surface area contributed by atoms with Gasteiger partial charge in [0.05, 0.1) is 31.2 Å². The highest BCUT2D eigenvalue weighted by molar-refractivity contribution is 5.95. The molecule has 2 aromatic rings. The number of carboxylic acids is 1. The summed E-state index contributed by atoms with van der Waals surface area (Å²) in [5.74, 6) is -4.87. The molecule has 0 fully saturated rings. The topological polar surface area (TPSA) is 271 Å². The van der Waals surface area contributed by atoms with Crippen LogP contribution in [0.5, 0.6) is 0 Å². The van der Waals surface area contributed by atoms with Gasteiger partial charge in [0.1, 0.15) is 18.1 Å². The van der Waals surface area contributed by atoms with Crippen molar-refractivity contribution < 1.29 is 34.2 Å². The van der Waals surface area contributed by atoms with Crippen LogP contribution in [-0.2, 0) is 36.8 Å². The highest BCUT2D eigenvalue weighted by atomic mass is 16.4. The fourth-order valence-electron chi connectivity index (χ4n) is 3.15. The summed E-state index contributed by atoms with van der Waals surface area (Å²) >= 11 is 0. The Morgan fingerprint density at radius 2 is 1.44 bits per heavy atom. The van der Waals surface area contributed by atoms with Crippen molar-refractivity contribution in [1.29, 1.82) is 0 Å². The molecule has 36 heavy (non-hydrogen) atoms. The lowest BCUT2D eigenvalue weighted by Crippen LogP contribution is -2.60. The molecular weight excluding hydrogens is 478 g/mol. The molecule has 4 amide bonds. The predicted molar refractivity (Wildman–Crippen MR) is 121 cm³/mol. The third-order valence-electron chi connectivity index (χ3n) is 5.03. The van der Waals surface area contributed by atoms with Crippen LogP contribution in [0.3, 0.4) is 0 Å². The molecule has 0 saturated heterocycles. The van der Waals surface area contributed by atoms with Gasteiger partial charge in [0.2, 0.25) is 23.6 Å². The first kappa shape index (κ1) is 27.9. The van der Waals surface area contributed by atoms with E-state index in [4.69, 9.17) is 11.5 Å². The van der Waals surface area contributed by atoms with Gasteiger partial charge in [-0.15, -0.1) is 0 Å². The molecule has 5 unspecified atom stereocenters. The zero-order chi connectivity index (χ0) is 26.8. The summed E-state index contributed by atoms with van der Waals surface area (Å²) in [6.45, 7) is 1.22. The molecule has 0 aromatic carbocycles. The number of carbonyl (C=O) groups excluding carboxylic acids is 4. The molecule has 0 aliphatic heterocycles. The van der Waals surface area contributed by atoms with Gasteiger partial charge in [0, 0.05) is 36.6 Å². The Labute approximate surface area is 204 Å². The molecular formula is C20H29N9O7. The second-order valence-electron chi connectivity index (χ2n) is 8.03. The van der Waals surface area contributed by atoms with Crippen LogP contribution in [0, 0.1) is 0 Å².